The molecule has 0 spiro atoms. The van der Waals surface area contributed by atoms with Crippen LogP contribution in [0, 0.1) is 11.3 Å². The average Bonchev–Trinajstić information content (AvgIpc) is 2.45. The van der Waals surface area contributed by atoms with Crippen LogP contribution in [-0.2, 0) is 6.61 Å². The van der Waals surface area contributed by atoms with Gasteiger partial charge < -0.3 is 4.74 Å². The molecule has 0 aliphatic carbocycles. The zero-order valence-electron chi connectivity index (χ0n) is 10.9. The van der Waals surface area contributed by atoms with Crippen LogP contribution in [-0.4, -0.2) is 5.78 Å². The molecular weight excluding hydrogens is 318 g/mol. The predicted molar refractivity (Wildman–Crippen MR) is 79.6 cm³/mol. The number of hydrogen-bond acceptors (Lipinski definition) is 3. The van der Waals surface area contributed by atoms with Gasteiger partial charge in [0.2, 0.25) is 0 Å². The van der Waals surface area contributed by atoms with E-state index in [1.165, 1.54) is 6.92 Å². The molecule has 0 bridgehead atoms. The molecule has 0 saturated heterocycles. The molecule has 0 radical (unpaired) electrons. The fourth-order valence-electron chi connectivity index (χ4n) is 1.85. The maximum absolute atomic E-state index is 11.5. The van der Waals surface area contributed by atoms with E-state index in [0.717, 1.165) is 5.56 Å². The SMILES string of the molecule is CC(=O)c1c(Br)cc(OCc2ccccc2)cc1C#N. The molecule has 100 valence electrons. The van der Waals surface area contributed by atoms with Gasteiger partial charge in [-0.15, -0.1) is 0 Å². The van der Waals surface area contributed by atoms with Crippen molar-refractivity contribution in [3.8, 4) is 11.8 Å². The normalized spacial score (nSPS) is 9.85. The summed E-state index contributed by atoms with van der Waals surface area (Å²) in [5.74, 6) is 0.408. The van der Waals surface area contributed by atoms with Crippen molar-refractivity contribution < 1.29 is 9.53 Å². The monoisotopic (exact) mass is 329 g/mol. The summed E-state index contributed by atoms with van der Waals surface area (Å²) in [7, 11) is 0. The first kappa shape index (κ1) is 14.3. The molecule has 2 aromatic carbocycles. The number of Topliss-reactive ketones (excluding diaryl/α,β-unsaturated/α-hetero) is 1. The third-order valence-electron chi connectivity index (χ3n) is 2.78. The second kappa shape index (κ2) is 6.36. The quantitative estimate of drug-likeness (QED) is 0.793. The number of ketones is 1. The Morgan fingerprint density at radius 2 is 2.00 bits per heavy atom. The highest BCUT2D eigenvalue weighted by molar-refractivity contribution is 9.10. The average molecular weight is 330 g/mol. The first-order chi connectivity index (χ1) is 9.61. The molecule has 0 aromatic heterocycles. The zero-order chi connectivity index (χ0) is 14.5. The van der Waals surface area contributed by atoms with E-state index in [9.17, 15) is 4.79 Å². The van der Waals surface area contributed by atoms with Crippen molar-refractivity contribution in [2.45, 2.75) is 13.5 Å². The maximum Gasteiger partial charge on any atom is 0.162 e. The molecule has 0 fully saturated rings. The highest BCUT2D eigenvalue weighted by atomic mass is 79.9. The van der Waals surface area contributed by atoms with Gasteiger partial charge in [-0.1, -0.05) is 30.3 Å². The zero-order valence-corrected chi connectivity index (χ0v) is 12.5. The third kappa shape index (κ3) is 3.25. The van der Waals surface area contributed by atoms with E-state index < -0.39 is 0 Å². The minimum atomic E-state index is -0.150. The smallest absolute Gasteiger partial charge is 0.162 e. The highest BCUT2D eigenvalue weighted by Crippen LogP contribution is 2.27. The van der Waals surface area contributed by atoms with Gasteiger partial charge in [-0.3, -0.25) is 4.79 Å². The molecule has 0 unspecified atom stereocenters. The second-order valence-electron chi connectivity index (χ2n) is 4.27. The summed E-state index contributed by atoms with van der Waals surface area (Å²) >= 11 is 3.31. The Morgan fingerprint density at radius 3 is 2.60 bits per heavy atom. The van der Waals surface area contributed by atoms with Crippen molar-refractivity contribution in [3.05, 3.63) is 63.6 Å². The molecule has 2 rings (SSSR count). The lowest BCUT2D eigenvalue weighted by molar-refractivity contribution is 0.101. The van der Waals surface area contributed by atoms with Gasteiger partial charge in [0.05, 0.1) is 5.56 Å². The van der Waals surface area contributed by atoms with Crippen LogP contribution in [0.15, 0.2) is 46.9 Å². The van der Waals surface area contributed by atoms with E-state index >= 15 is 0 Å². The molecular formula is C16H12BrNO2. The van der Waals surface area contributed by atoms with E-state index in [2.05, 4.69) is 15.9 Å². The first-order valence-electron chi connectivity index (χ1n) is 6.03. The van der Waals surface area contributed by atoms with Crippen molar-refractivity contribution in [1.29, 1.82) is 5.26 Å². The second-order valence-corrected chi connectivity index (χ2v) is 5.12. The Balaban J connectivity index is 2.24. The van der Waals surface area contributed by atoms with Crippen LogP contribution < -0.4 is 4.74 Å². The summed E-state index contributed by atoms with van der Waals surface area (Å²) in [4.78, 5) is 11.5. The standard InChI is InChI=1S/C16H12BrNO2/c1-11(19)16-13(9-18)7-14(8-15(16)17)20-10-12-5-3-2-4-6-12/h2-8H,10H2,1H3. The Kier molecular flexibility index (Phi) is 4.54. The molecule has 0 saturated carbocycles. The van der Waals surface area contributed by atoms with Crippen molar-refractivity contribution in [2.75, 3.05) is 0 Å². The van der Waals surface area contributed by atoms with Crippen LogP contribution in [0.5, 0.6) is 5.75 Å². The fourth-order valence-corrected chi connectivity index (χ4v) is 2.57. The van der Waals surface area contributed by atoms with Crippen LogP contribution in [0.3, 0.4) is 0 Å². The van der Waals surface area contributed by atoms with Crippen LogP contribution in [0.25, 0.3) is 0 Å². The van der Waals surface area contributed by atoms with Crippen LogP contribution in [0.2, 0.25) is 0 Å². The molecule has 20 heavy (non-hydrogen) atoms. The molecule has 0 atom stereocenters. The molecule has 3 nitrogen and oxygen atoms in total. The van der Waals surface area contributed by atoms with E-state index in [1.807, 2.05) is 36.4 Å². The number of carbonyl (C=O) groups excluding carboxylic acids is 1. The van der Waals surface area contributed by atoms with Gasteiger partial charge in [-0.25, -0.2) is 0 Å². The van der Waals surface area contributed by atoms with E-state index in [-0.39, 0.29) is 5.78 Å². The van der Waals surface area contributed by atoms with Crippen molar-refractivity contribution >= 4 is 21.7 Å². The lowest BCUT2D eigenvalue weighted by Gasteiger charge is -2.10. The lowest BCUT2D eigenvalue weighted by atomic mass is 10.1. The number of hydrogen-bond donors (Lipinski definition) is 0. The Hall–Kier alpha value is -2.12. The molecule has 0 aliphatic rings. The van der Waals surface area contributed by atoms with Crippen LogP contribution >= 0.6 is 15.9 Å². The van der Waals surface area contributed by atoms with E-state index in [4.69, 9.17) is 10.00 Å². The van der Waals surface area contributed by atoms with E-state index in [0.29, 0.717) is 28.0 Å². The maximum atomic E-state index is 11.5. The number of ether oxygens (including phenoxy) is 1. The van der Waals surface area contributed by atoms with Crippen molar-refractivity contribution in [1.82, 2.24) is 0 Å². The van der Waals surface area contributed by atoms with Crippen molar-refractivity contribution in [2.24, 2.45) is 0 Å². The molecule has 0 heterocycles. The van der Waals surface area contributed by atoms with Crippen LogP contribution in [0.1, 0.15) is 28.4 Å². The Morgan fingerprint density at radius 1 is 1.30 bits per heavy atom. The number of halogens is 1. The van der Waals surface area contributed by atoms with Crippen molar-refractivity contribution in [3.63, 3.8) is 0 Å². The fraction of sp³-hybridized carbons (Fsp3) is 0.125. The van der Waals surface area contributed by atoms with Gasteiger partial charge in [0, 0.05) is 10.0 Å². The van der Waals surface area contributed by atoms with Gasteiger partial charge in [0.25, 0.3) is 0 Å². The molecule has 0 aliphatic heterocycles. The summed E-state index contributed by atoms with van der Waals surface area (Å²) in [6.45, 7) is 1.85. The van der Waals surface area contributed by atoms with Gasteiger partial charge in [-0.05, 0) is 40.5 Å². The topological polar surface area (TPSA) is 50.1 Å². The Bertz CT molecular complexity index is 675. The molecule has 0 N–H and O–H groups in total. The summed E-state index contributed by atoms with van der Waals surface area (Å²) < 4.78 is 6.23. The number of nitriles is 1. The van der Waals surface area contributed by atoms with Gasteiger partial charge in [0.1, 0.15) is 18.4 Å². The van der Waals surface area contributed by atoms with Gasteiger partial charge >= 0.3 is 0 Å². The third-order valence-corrected chi connectivity index (χ3v) is 3.41. The first-order valence-corrected chi connectivity index (χ1v) is 6.82. The summed E-state index contributed by atoms with van der Waals surface area (Å²) in [6.07, 6.45) is 0. The summed E-state index contributed by atoms with van der Waals surface area (Å²) in [5, 5.41) is 9.12. The molecule has 0 amide bonds. The molecule has 2 aromatic rings. The Labute approximate surface area is 125 Å². The minimum Gasteiger partial charge on any atom is -0.489 e. The minimum absolute atomic E-state index is 0.150. The number of nitrogens with zero attached hydrogens (tertiary/aromatic N) is 1. The largest absolute Gasteiger partial charge is 0.489 e. The highest BCUT2D eigenvalue weighted by Gasteiger charge is 2.13. The molecule has 4 heteroatoms. The number of rotatable bonds is 4. The summed E-state index contributed by atoms with van der Waals surface area (Å²) in [6, 6.07) is 15.1. The van der Waals surface area contributed by atoms with Gasteiger partial charge in [-0.2, -0.15) is 5.26 Å². The summed E-state index contributed by atoms with van der Waals surface area (Å²) in [5.41, 5.74) is 1.74. The van der Waals surface area contributed by atoms with Gasteiger partial charge in [0.15, 0.2) is 5.78 Å². The van der Waals surface area contributed by atoms with E-state index in [1.54, 1.807) is 12.1 Å². The predicted octanol–water partition coefficient (Wildman–Crippen LogP) is 4.10. The number of carbonyl (C=O) groups is 1. The van der Waals surface area contributed by atoms with Crippen LogP contribution in [0.4, 0.5) is 0 Å². The number of benzene rings is 2. The lowest BCUT2D eigenvalue weighted by Crippen LogP contribution is -2.01.